The van der Waals surface area contributed by atoms with Gasteiger partial charge in [0.05, 0.1) is 7.11 Å². The fourth-order valence-corrected chi connectivity index (χ4v) is 2.24. The van der Waals surface area contributed by atoms with E-state index in [0.717, 1.165) is 31.4 Å². The van der Waals surface area contributed by atoms with Crippen molar-refractivity contribution in [1.29, 1.82) is 0 Å². The Kier molecular flexibility index (Phi) is 8.24. The van der Waals surface area contributed by atoms with Gasteiger partial charge in [0.2, 0.25) is 0 Å². The minimum Gasteiger partial charge on any atom is -0.467 e. The van der Waals surface area contributed by atoms with Crippen LogP contribution in [0, 0.1) is 5.82 Å². The molecule has 1 atom stereocenters. The summed E-state index contributed by atoms with van der Waals surface area (Å²) in [5.41, 5.74) is 0.000687. The van der Waals surface area contributed by atoms with E-state index in [-0.39, 0.29) is 5.69 Å². The third-order valence-corrected chi connectivity index (χ3v) is 3.33. The fraction of sp³-hybridized carbons (Fsp3) is 0.471. The molecule has 0 aliphatic heterocycles. The zero-order valence-corrected chi connectivity index (χ0v) is 13.9. The van der Waals surface area contributed by atoms with Crippen molar-refractivity contribution in [2.75, 3.05) is 12.4 Å². The molecule has 1 aromatic carbocycles. The molecule has 0 saturated heterocycles. The molecule has 0 bridgehead atoms. The number of hydrogen-bond donors (Lipinski definition) is 1. The topological polar surface area (TPSA) is 47.6 Å². The Morgan fingerprint density at radius 2 is 2.00 bits per heavy atom. The van der Waals surface area contributed by atoms with E-state index in [9.17, 15) is 22.4 Å². The van der Waals surface area contributed by atoms with Crippen LogP contribution in [0.1, 0.15) is 32.1 Å². The average molecular weight is 363 g/mol. The van der Waals surface area contributed by atoms with Crippen LogP contribution in [0.15, 0.2) is 30.9 Å². The van der Waals surface area contributed by atoms with Crippen LogP contribution < -0.4 is 10.1 Å². The number of halogens is 4. The normalized spacial score (nSPS) is 12.4. The molecule has 140 valence electrons. The molecular weight excluding hydrogens is 342 g/mol. The number of hydrogen-bond acceptors (Lipinski definition) is 4. The van der Waals surface area contributed by atoms with E-state index in [1.54, 1.807) is 6.08 Å². The summed E-state index contributed by atoms with van der Waals surface area (Å²) < 4.78 is 58.7. The number of allylic oxidation sites excluding steroid dienone is 1. The minimum atomic E-state index is -4.93. The molecule has 0 radical (unpaired) electrons. The van der Waals surface area contributed by atoms with Gasteiger partial charge in [-0.05, 0) is 25.3 Å². The highest BCUT2D eigenvalue weighted by Crippen LogP contribution is 2.27. The van der Waals surface area contributed by atoms with Gasteiger partial charge in [-0.3, -0.25) is 0 Å². The zero-order valence-electron chi connectivity index (χ0n) is 13.9. The number of carbonyl (C=O) groups is 1. The van der Waals surface area contributed by atoms with Crippen molar-refractivity contribution in [3.05, 3.63) is 36.7 Å². The SMILES string of the molecule is C=CCCCCCC(Nc1cc(F)cc(OC(F)(F)F)c1)C(=O)OC. The van der Waals surface area contributed by atoms with Crippen LogP contribution in [0.4, 0.5) is 23.2 Å². The number of unbranched alkanes of at least 4 members (excludes halogenated alkanes) is 3. The van der Waals surface area contributed by atoms with Crippen molar-refractivity contribution in [2.45, 2.75) is 44.5 Å². The molecule has 0 spiro atoms. The van der Waals surface area contributed by atoms with Gasteiger partial charge < -0.3 is 14.8 Å². The quantitative estimate of drug-likeness (QED) is 0.280. The van der Waals surface area contributed by atoms with Gasteiger partial charge in [-0.2, -0.15) is 0 Å². The molecule has 0 saturated carbocycles. The van der Waals surface area contributed by atoms with Gasteiger partial charge in [0.25, 0.3) is 0 Å². The first-order valence-corrected chi connectivity index (χ1v) is 7.76. The number of alkyl halides is 3. The van der Waals surface area contributed by atoms with E-state index in [0.29, 0.717) is 18.9 Å². The summed E-state index contributed by atoms with van der Waals surface area (Å²) in [7, 11) is 1.21. The highest BCUT2D eigenvalue weighted by Gasteiger charge is 2.31. The molecule has 0 aromatic heterocycles. The van der Waals surface area contributed by atoms with Crippen LogP contribution in [0.3, 0.4) is 0 Å². The molecule has 1 unspecified atom stereocenters. The molecule has 4 nitrogen and oxygen atoms in total. The van der Waals surface area contributed by atoms with Crippen LogP contribution in [0.25, 0.3) is 0 Å². The molecule has 1 aromatic rings. The summed E-state index contributed by atoms with van der Waals surface area (Å²) in [5, 5.41) is 2.71. The summed E-state index contributed by atoms with van der Waals surface area (Å²) in [6.07, 6.45) is 0.590. The highest BCUT2D eigenvalue weighted by molar-refractivity contribution is 5.79. The Hall–Kier alpha value is -2.25. The Labute approximate surface area is 143 Å². The van der Waals surface area contributed by atoms with Crippen LogP contribution in [0.2, 0.25) is 0 Å². The number of methoxy groups -OCH3 is 1. The number of anilines is 1. The molecule has 1 N–H and O–H groups in total. The van der Waals surface area contributed by atoms with Gasteiger partial charge >= 0.3 is 12.3 Å². The summed E-state index contributed by atoms with van der Waals surface area (Å²) in [4.78, 5) is 11.8. The molecule has 25 heavy (non-hydrogen) atoms. The monoisotopic (exact) mass is 363 g/mol. The zero-order chi connectivity index (χ0) is 18.9. The minimum absolute atomic E-state index is 0.000687. The lowest BCUT2D eigenvalue weighted by atomic mass is 10.1. The Balaban J connectivity index is 2.78. The van der Waals surface area contributed by atoms with Crippen LogP contribution >= 0.6 is 0 Å². The smallest absolute Gasteiger partial charge is 0.467 e. The van der Waals surface area contributed by atoms with Gasteiger partial charge in [-0.15, -0.1) is 19.8 Å². The number of rotatable bonds is 10. The van der Waals surface area contributed by atoms with E-state index in [1.807, 2.05) is 0 Å². The lowest BCUT2D eigenvalue weighted by Gasteiger charge is -2.18. The summed E-state index contributed by atoms with van der Waals surface area (Å²) >= 11 is 0. The third-order valence-electron chi connectivity index (χ3n) is 3.33. The van der Waals surface area contributed by atoms with Crippen molar-refractivity contribution in [3.63, 3.8) is 0 Å². The molecule has 1 rings (SSSR count). The van der Waals surface area contributed by atoms with Crippen molar-refractivity contribution in [3.8, 4) is 5.75 Å². The van der Waals surface area contributed by atoms with E-state index in [4.69, 9.17) is 0 Å². The molecule has 0 fully saturated rings. The maximum atomic E-state index is 13.5. The summed E-state index contributed by atoms with van der Waals surface area (Å²) in [6, 6.07) is 1.77. The number of carbonyl (C=O) groups excluding carboxylic acids is 1. The standard InChI is InChI=1S/C17H21F4NO3/c1-3-4-5-6-7-8-15(16(23)24-2)22-13-9-12(18)10-14(11-13)25-17(19,20)21/h3,9-11,15,22H,1,4-8H2,2H3. The average Bonchev–Trinajstić information content (AvgIpc) is 2.50. The van der Waals surface area contributed by atoms with E-state index < -0.39 is 29.9 Å². The van der Waals surface area contributed by atoms with Crippen LogP contribution in [-0.4, -0.2) is 25.5 Å². The molecule has 0 aliphatic carbocycles. The second-order valence-corrected chi connectivity index (χ2v) is 5.37. The van der Waals surface area contributed by atoms with Gasteiger partial charge in [-0.25, -0.2) is 9.18 Å². The van der Waals surface area contributed by atoms with Gasteiger partial charge in [0, 0.05) is 17.8 Å². The van der Waals surface area contributed by atoms with Crippen molar-refractivity contribution >= 4 is 11.7 Å². The molecule has 0 amide bonds. The number of nitrogens with one attached hydrogen (secondary N) is 1. The van der Waals surface area contributed by atoms with Crippen LogP contribution in [0.5, 0.6) is 5.75 Å². The lowest BCUT2D eigenvalue weighted by molar-refractivity contribution is -0.274. The third kappa shape index (κ3) is 8.42. The van der Waals surface area contributed by atoms with Crippen molar-refractivity contribution in [2.24, 2.45) is 0 Å². The second-order valence-electron chi connectivity index (χ2n) is 5.37. The molecule has 0 aliphatic rings. The highest BCUT2D eigenvalue weighted by atomic mass is 19.4. The Morgan fingerprint density at radius 3 is 2.60 bits per heavy atom. The molecule has 0 heterocycles. The molecule has 8 heteroatoms. The van der Waals surface area contributed by atoms with Crippen molar-refractivity contribution < 1.29 is 31.8 Å². The van der Waals surface area contributed by atoms with Gasteiger partial charge in [-0.1, -0.05) is 18.9 Å². The second kappa shape index (κ2) is 9.90. The fourth-order valence-electron chi connectivity index (χ4n) is 2.24. The van der Waals surface area contributed by atoms with Gasteiger partial charge in [0.1, 0.15) is 17.6 Å². The summed E-state index contributed by atoms with van der Waals surface area (Å²) in [5.74, 6) is -2.20. The predicted octanol–water partition coefficient (Wildman–Crippen LogP) is 4.81. The van der Waals surface area contributed by atoms with Crippen LogP contribution in [-0.2, 0) is 9.53 Å². The first-order valence-electron chi connectivity index (χ1n) is 7.76. The Bertz CT molecular complexity index is 576. The largest absolute Gasteiger partial charge is 0.573 e. The van der Waals surface area contributed by atoms with E-state index in [1.165, 1.54) is 7.11 Å². The Morgan fingerprint density at radius 1 is 1.28 bits per heavy atom. The van der Waals surface area contributed by atoms with Crippen molar-refractivity contribution in [1.82, 2.24) is 0 Å². The lowest BCUT2D eigenvalue weighted by Crippen LogP contribution is -2.30. The maximum absolute atomic E-state index is 13.5. The van der Waals surface area contributed by atoms with E-state index >= 15 is 0 Å². The number of benzene rings is 1. The maximum Gasteiger partial charge on any atom is 0.573 e. The molecular formula is C17H21F4NO3. The number of ether oxygens (including phenoxy) is 2. The van der Waals surface area contributed by atoms with E-state index in [2.05, 4.69) is 21.4 Å². The first-order chi connectivity index (χ1) is 11.7. The summed E-state index contributed by atoms with van der Waals surface area (Å²) in [6.45, 7) is 3.62. The van der Waals surface area contributed by atoms with Gasteiger partial charge in [0.15, 0.2) is 0 Å². The predicted molar refractivity (Wildman–Crippen MR) is 85.8 cm³/mol. The number of esters is 1. The first kappa shape index (κ1) is 20.8.